The molecule has 0 fully saturated rings. The molecular formula is C20H16N4O4S. The molecule has 2 aromatic heterocycles. The highest BCUT2D eigenvalue weighted by Gasteiger charge is 2.19. The Bertz CT molecular complexity index is 1130. The molecule has 0 spiro atoms. The number of methoxy groups -OCH3 is 1. The first-order chi connectivity index (χ1) is 14.1. The molecule has 0 aliphatic rings. The van der Waals surface area contributed by atoms with Gasteiger partial charge in [-0.15, -0.1) is 0 Å². The van der Waals surface area contributed by atoms with Crippen molar-refractivity contribution in [2.45, 2.75) is 6.42 Å². The summed E-state index contributed by atoms with van der Waals surface area (Å²) in [5.74, 6) is 0.500. The van der Waals surface area contributed by atoms with Gasteiger partial charge < -0.3 is 19.7 Å². The molecule has 2 aromatic carbocycles. The van der Waals surface area contributed by atoms with E-state index in [0.717, 1.165) is 5.56 Å². The molecule has 29 heavy (non-hydrogen) atoms. The van der Waals surface area contributed by atoms with Gasteiger partial charge in [-0.2, -0.15) is 4.98 Å². The number of thiazole rings is 1. The van der Waals surface area contributed by atoms with E-state index >= 15 is 0 Å². The molecule has 4 rings (SSSR count). The number of carbonyl (C=O) groups excluding carboxylic acids is 1. The minimum Gasteiger partial charge on any atom is -0.504 e. The lowest BCUT2D eigenvalue weighted by atomic mass is 10.1. The largest absolute Gasteiger partial charge is 0.504 e. The lowest BCUT2D eigenvalue weighted by Gasteiger charge is -2.06. The summed E-state index contributed by atoms with van der Waals surface area (Å²) in [5.41, 5.74) is 2.25. The van der Waals surface area contributed by atoms with Gasteiger partial charge in [-0.1, -0.05) is 52.9 Å². The minimum absolute atomic E-state index is 0.0221. The van der Waals surface area contributed by atoms with Crippen molar-refractivity contribution < 1.29 is 19.2 Å². The molecule has 0 bridgehead atoms. The van der Waals surface area contributed by atoms with E-state index in [1.807, 2.05) is 30.3 Å². The van der Waals surface area contributed by atoms with Crippen LogP contribution in [0.5, 0.6) is 11.5 Å². The van der Waals surface area contributed by atoms with Crippen molar-refractivity contribution in [2.24, 2.45) is 0 Å². The average Bonchev–Trinajstić information content (AvgIpc) is 3.40. The number of phenolic OH excluding ortho intramolecular Hbond substituents is 1. The molecule has 0 aliphatic heterocycles. The summed E-state index contributed by atoms with van der Waals surface area (Å²) >= 11 is 1.27. The summed E-state index contributed by atoms with van der Waals surface area (Å²) in [5, 5.41) is 16.8. The Hall–Kier alpha value is -3.72. The Morgan fingerprint density at radius 2 is 2.07 bits per heavy atom. The summed E-state index contributed by atoms with van der Waals surface area (Å²) in [7, 11) is 1.46. The molecule has 0 aliphatic carbocycles. The van der Waals surface area contributed by atoms with Crippen molar-refractivity contribution in [3.63, 3.8) is 0 Å². The number of hydrogen-bond donors (Lipinski definition) is 2. The van der Waals surface area contributed by atoms with Crippen molar-refractivity contribution in [3.8, 4) is 33.5 Å². The summed E-state index contributed by atoms with van der Waals surface area (Å²) in [6, 6.07) is 14.4. The number of nitrogens with zero attached hydrogens (tertiary/aromatic N) is 3. The predicted molar refractivity (Wildman–Crippen MR) is 108 cm³/mol. The Balaban J connectivity index is 1.58. The topological polar surface area (TPSA) is 110 Å². The van der Waals surface area contributed by atoms with E-state index in [4.69, 9.17) is 9.26 Å². The molecule has 146 valence electrons. The smallest absolute Gasteiger partial charge is 0.230 e. The number of ether oxygens (including phenoxy) is 1. The predicted octanol–water partition coefficient (Wildman–Crippen LogP) is 3.76. The third kappa shape index (κ3) is 4.09. The SMILES string of the molecule is COc1cc(CC(=O)Nc2nc(-c3ccccc3)c(-c3ncon3)s2)ccc1O. The van der Waals surface area contributed by atoms with E-state index in [0.29, 0.717) is 32.8 Å². The Morgan fingerprint density at radius 1 is 1.24 bits per heavy atom. The van der Waals surface area contributed by atoms with E-state index in [1.54, 1.807) is 12.1 Å². The summed E-state index contributed by atoms with van der Waals surface area (Å²) in [6.07, 6.45) is 1.36. The van der Waals surface area contributed by atoms with Gasteiger partial charge in [0.05, 0.1) is 19.2 Å². The number of benzene rings is 2. The zero-order valence-corrected chi connectivity index (χ0v) is 16.1. The average molecular weight is 408 g/mol. The first-order valence-electron chi connectivity index (χ1n) is 8.63. The number of anilines is 1. The third-order valence-corrected chi connectivity index (χ3v) is 5.06. The summed E-state index contributed by atoms with van der Waals surface area (Å²) in [6.45, 7) is 0. The molecule has 0 atom stereocenters. The Labute approximate surface area is 169 Å². The molecule has 9 heteroatoms. The van der Waals surface area contributed by atoms with E-state index in [-0.39, 0.29) is 18.1 Å². The summed E-state index contributed by atoms with van der Waals surface area (Å²) < 4.78 is 9.94. The van der Waals surface area contributed by atoms with E-state index in [9.17, 15) is 9.90 Å². The highest BCUT2D eigenvalue weighted by atomic mass is 32.1. The van der Waals surface area contributed by atoms with Crippen LogP contribution in [0, 0.1) is 0 Å². The number of aromatic nitrogens is 3. The van der Waals surface area contributed by atoms with Crippen LogP contribution in [0.25, 0.3) is 22.0 Å². The van der Waals surface area contributed by atoms with E-state index < -0.39 is 0 Å². The molecule has 0 radical (unpaired) electrons. The van der Waals surface area contributed by atoms with Crippen LogP contribution in [-0.2, 0) is 11.2 Å². The summed E-state index contributed by atoms with van der Waals surface area (Å²) in [4.78, 5) is 21.9. The zero-order chi connectivity index (χ0) is 20.2. The Kier molecular flexibility index (Phi) is 5.21. The molecule has 0 unspecified atom stereocenters. The second kappa shape index (κ2) is 8.11. The maximum absolute atomic E-state index is 12.5. The van der Waals surface area contributed by atoms with Gasteiger partial charge in [-0.05, 0) is 17.7 Å². The number of carbonyl (C=O) groups is 1. The van der Waals surface area contributed by atoms with E-state index in [2.05, 4.69) is 20.4 Å². The van der Waals surface area contributed by atoms with Crippen molar-refractivity contribution in [3.05, 3.63) is 60.5 Å². The molecule has 2 heterocycles. The maximum Gasteiger partial charge on any atom is 0.230 e. The van der Waals surface area contributed by atoms with Crippen LogP contribution in [0.1, 0.15) is 5.56 Å². The fourth-order valence-corrected chi connectivity index (χ4v) is 3.70. The molecule has 8 nitrogen and oxygen atoms in total. The normalized spacial score (nSPS) is 10.7. The second-order valence-corrected chi connectivity index (χ2v) is 7.05. The van der Waals surface area contributed by atoms with Crippen molar-refractivity contribution in [2.75, 3.05) is 12.4 Å². The number of nitrogens with one attached hydrogen (secondary N) is 1. The van der Waals surface area contributed by atoms with Crippen LogP contribution >= 0.6 is 11.3 Å². The highest BCUT2D eigenvalue weighted by Crippen LogP contribution is 2.37. The molecule has 0 saturated heterocycles. The lowest BCUT2D eigenvalue weighted by molar-refractivity contribution is -0.115. The molecular weight excluding hydrogens is 392 g/mol. The number of rotatable bonds is 6. The van der Waals surface area contributed by atoms with Gasteiger partial charge in [-0.25, -0.2) is 4.98 Å². The number of hydrogen-bond acceptors (Lipinski definition) is 8. The molecule has 1 amide bonds. The van der Waals surface area contributed by atoms with Crippen LogP contribution in [0.4, 0.5) is 5.13 Å². The van der Waals surface area contributed by atoms with Crippen LogP contribution in [0.15, 0.2) is 59.4 Å². The van der Waals surface area contributed by atoms with Crippen LogP contribution < -0.4 is 10.1 Å². The number of phenols is 1. The van der Waals surface area contributed by atoms with Gasteiger partial charge >= 0.3 is 0 Å². The quantitative estimate of drug-likeness (QED) is 0.500. The van der Waals surface area contributed by atoms with Crippen molar-refractivity contribution in [1.82, 2.24) is 15.1 Å². The number of amides is 1. The van der Waals surface area contributed by atoms with Crippen molar-refractivity contribution in [1.29, 1.82) is 0 Å². The van der Waals surface area contributed by atoms with Crippen LogP contribution in [0.3, 0.4) is 0 Å². The van der Waals surface area contributed by atoms with E-state index in [1.165, 1.54) is 30.9 Å². The first kappa shape index (κ1) is 18.6. The fourth-order valence-electron chi connectivity index (χ4n) is 2.77. The van der Waals surface area contributed by atoms with Gasteiger partial charge in [0.15, 0.2) is 16.6 Å². The Morgan fingerprint density at radius 3 is 2.79 bits per heavy atom. The van der Waals surface area contributed by atoms with Gasteiger partial charge in [0.25, 0.3) is 0 Å². The van der Waals surface area contributed by atoms with Crippen LogP contribution in [-0.4, -0.2) is 33.2 Å². The van der Waals surface area contributed by atoms with Gasteiger partial charge in [0, 0.05) is 5.56 Å². The minimum atomic E-state index is -0.245. The lowest BCUT2D eigenvalue weighted by Crippen LogP contribution is -2.14. The van der Waals surface area contributed by atoms with Gasteiger partial charge in [0.1, 0.15) is 4.88 Å². The monoisotopic (exact) mass is 408 g/mol. The number of aromatic hydroxyl groups is 1. The molecule has 2 N–H and O–H groups in total. The fraction of sp³-hybridized carbons (Fsp3) is 0.100. The zero-order valence-electron chi connectivity index (χ0n) is 15.3. The standard InChI is InChI=1S/C20H16N4O4S/c1-27-15-9-12(7-8-14(15)25)10-16(26)22-20-23-17(13-5-3-2-4-6-13)18(29-20)19-21-11-28-24-19/h2-9,11,25H,10H2,1H3,(H,22,23,26). The third-order valence-electron chi connectivity index (χ3n) is 4.09. The molecule has 0 saturated carbocycles. The van der Waals surface area contributed by atoms with Gasteiger partial charge in [-0.3, -0.25) is 4.79 Å². The molecule has 4 aromatic rings. The second-order valence-electron chi connectivity index (χ2n) is 6.05. The van der Waals surface area contributed by atoms with Gasteiger partial charge in [0.2, 0.25) is 18.1 Å². The van der Waals surface area contributed by atoms with Crippen molar-refractivity contribution >= 4 is 22.4 Å². The first-order valence-corrected chi connectivity index (χ1v) is 9.44. The highest BCUT2D eigenvalue weighted by molar-refractivity contribution is 7.19. The van der Waals surface area contributed by atoms with Crippen LogP contribution in [0.2, 0.25) is 0 Å². The maximum atomic E-state index is 12.5.